The van der Waals surface area contributed by atoms with Gasteiger partial charge in [-0.05, 0) is 50.5 Å². The van der Waals surface area contributed by atoms with Crippen molar-refractivity contribution in [1.29, 1.82) is 0 Å². The summed E-state index contributed by atoms with van der Waals surface area (Å²) >= 11 is 0. The lowest BCUT2D eigenvalue weighted by molar-refractivity contribution is 0.0132. The Hall–Kier alpha value is -0.860. The Morgan fingerprint density at radius 1 is 1.16 bits per heavy atom. The van der Waals surface area contributed by atoms with Crippen molar-refractivity contribution in [2.24, 2.45) is 0 Å². The summed E-state index contributed by atoms with van der Waals surface area (Å²) in [5, 5.41) is 3.67. The minimum Gasteiger partial charge on any atom is -0.377 e. The van der Waals surface area contributed by atoms with Crippen molar-refractivity contribution in [2.75, 3.05) is 13.2 Å². The number of ether oxygens (including phenoxy) is 1. The van der Waals surface area contributed by atoms with Gasteiger partial charge in [0, 0.05) is 19.2 Å². The molecule has 0 aromatic heterocycles. The van der Waals surface area contributed by atoms with Gasteiger partial charge in [0.25, 0.3) is 0 Å². The van der Waals surface area contributed by atoms with Crippen molar-refractivity contribution >= 4 is 0 Å². The van der Waals surface area contributed by atoms with Gasteiger partial charge in [-0.3, -0.25) is 0 Å². The van der Waals surface area contributed by atoms with Gasteiger partial charge in [0.15, 0.2) is 0 Å². The normalized spacial score (nSPS) is 30.9. The molecular weight excluding hydrogens is 234 g/mol. The fourth-order valence-electron chi connectivity index (χ4n) is 3.16. The Morgan fingerprint density at radius 2 is 1.95 bits per heavy atom. The van der Waals surface area contributed by atoms with E-state index in [0.717, 1.165) is 19.1 Å². The zero-order valence-corrected chi connectivity index (χ0v) is 11.9. The van der Waals surface area contributed by atoms with Crippen molar-refractivity contribution in [3.8, 4) is 0 Å². The Balaban J connectivity index is 1.39. The van der Waals surface area contributed by atoms with E-state index < -0.39 is 0 Å². The van der Waals surface area contributed by atoms with E-state index >= 15 is 0 Å². The van der Waals surface area contributed by atoms with Gasteiger partial charge >= 0.3 is 0 Å². The van der Waals surface area contributed by atoms with Crippen LogP contribution in [0.4, 0.5) is 0 Å². The zero-order valence-electron chi connectivity index (χ0n) is 11.9. The fourth-order valence-corrected chi connectivity index (χ4v) is 3.16. The van der Waals surface area contributed by atoms with Crippen molar-refractivity contribution < 1.29 is 4.74 Å². The van der Waals surface area contributed by atoms with Gasteiger partial charge in [0.1, 0.15) is 0 Å². The number of hydrogen-bond acceptors (Lipinski definition) is 2. The lowest BCUT2D eigenvalue weighted by Crippen LogP contribution is -2.44. The number of rotatable bonds is 4. The van der Waals surface area contributed by atoms with E-state index in [4.69, 9.17) is 4.74 Å². The highest BCUT2D eigenvalue weighted by atomic mass is 16.5. The highest BCUT2D eigenvalue weighted by Crippen LogP contribution is 2.36. The molecule has 2 fully saturated rings. The average Bonchev–Trinajstić information content (AvgIpc) is 2.40. The van der Waals surface area contributed by atoms with Crippen molar-refractivity contribution in [3.05, 3.63) is 35.4 Å². The number of benzene rings is 1. The smallest absolute Gasteiger partial charge is 0.0699 e. The summed E-state index contributed by atoms with van der Waals surface area (Å²) in [7, 11) is 0. The van der Waals surface area contributed by atoms with Crippen LogP contribution in [0.1, 0.15) is 49.1 Å². The third-order valence-corrected chi connectivity index (χ3v) is 4.60. The Morgan fingerprint density at radius 3 is 2.63 bits per heavy atom. The molecule has 1 unspecified atom stereocenters. The van der Waals surface area contributed by atoms with Crippen LogP contribution in [0.15, 0.2) is 24.3 Å². The molecule has 1 aromatic rings. The third kappa shape index (κ3) is 3.37. The summed E-state index contributed by atoms with van der Waals surface area (Å²) in [4.78, 5) is 0. The van der Waals surface area contributed by atoms with Gasteiger partial charge in [-0.15, -0.1) is 0 Å². The summed E-state index contributed by atoms with van der Waals surface area (Å²) in [6.45, 7) is 4.16. The molecule has 1 aromatic carbocycles. The minimum atomic E-state index is 0.465. The molecule has 0 amide bonds. The maximum absolute atomic E-state index is 5.76. The molecule has 19 heavy (non-hydrogen) atoms. The monoisotopic (exact) mass is 259 g/mol. The molecule has 1 N–H and O–H groups in total. The Kier molecular flexibility index (Phi) is 4.19. The first-order chi connectivity index (χ1) is 9.31. The molecule has 1 aliphatic carbocycles. The van der Waals surface area contributed by atoms with Crippen LogP contribution in [-0.4, -0.2) is 25.3 Å². The van der Waals surface area contributed by atoms with E-state index in [1.54, 1.807) is 0 Å². The van der Waals surface area contributed by atoms with E-state index in [2.05, 4.69) is 36.5 Å². The molecule has 1 saturated heterocycles. The lowest BCUT2D eigenvalue weighted by Gasteiger charge is -2.37. The number of aryl methyl sites for hydroxylation is 1. The predicted octanol–water partition coefficient (Wildman–Crippen LogP) is 3.40. The quantitative estimate of drug-likeness (QED) is 0.895. The largest absolute Gasteiger partial charge is 0.377 e. The van der Waals surface area contributed by atoms with Crippen molar-refractivity contribution in [3.63, 3.8) is 0 Å². The van der Waals surface area contributed by atoms with Crippen LogP contribution in [0.3, 0.4) is 0 Å². The average molecular weight is 259 g/mol. The van der Waals surface area contributed by atoms with Gasteiger partial charge in [0.05, 0.1) is 6.10 Å². The van der Waals surface area contributed by atoms with E-state index in [0.29, 0.717) is 12.1 Å². The molecule has 2 heteroatoms. The van der Waals surface area contributed by atoms with Crippen LogP contribution in [0.2, 0.25) is 0 Å². The molecule has 0 radical (unpaired) electrons. The molecule has 104 valence electrons. The second-order valence-corrected chi connectivity index (χ2v) is 6.17. The third-order valence-electron chi connectivity index (χ3n) is 4.60. The van der Waals surface area contributed by atoms with E-state index in [1.165, 1.54) is 43.2 Å². The van der Waals surface area contributed by atoms with E-state index in [-0.39, 0.29) is 0 Å². The molecule has 1 aliphatic heterocycles. The first kappa shape index (κ1) is 13.1. The molecular formula is C17H25NO. The predicted molar refractivity (Wildman–Crippen MR) is 78.5 cm³/mol. The molecule has 1 atom stereocenters. The summed E-state index contributed by atoms with van der Waals surface area (Å²) in [6.07, 6.45) is 6.86. The molecule has 1 saturated carbocycles. The fraction of sp³-hybridized carbons (Fsp3) is 0.647. The van der Waals surface area contributed by atoms with Crippen LogP contribution in [0.5, 0.6) is 0 Å². The number of hydrogen-bond donors (Lipinski definition) is 1. The van der Waals surface area contributed by atoms with Gasteiger partial charge < -0.3 is 10.1 Å². The van der Waals surface area contributed by atoms with Gasteiger partial charge in [-0.1, -0.05) is 29.8 Å². The second kappa shape index (κ2) is 6.06. The molecule has 3 rings (SSSR count). The van der Waals surface area contributed by atoms with Crippen LogP contribution < -0.4 is 5.32 Å². The summed E-state index contributed by atoms with van der Waals surface area (Å²) < 4.78 is 5.76. The van der Waals surface area contributed by atoms with Crippen LogP contribution in [0.25, 0.3) is 0 Å². The van der Waals surface area contributed by atoms with Crippen LogP contribution in [0, 0.1) is 6.92 Å². The van der Waals surface area contributed by atoms with Crippen molar-refractivity contribution in [2.45, 2.75) is 57.1 Å². The summed E-state index contributed by atoms with van der Waals surface area (Å²) in [5.41, 5.74) is 2.87. The van der Waals surface area contributed by atoms with Crippen molar-refractivity contribution in [1.82, 2.24) is 5.32 Å². The lowest BCUT2D eigenvalue weighted by atomic mass is 9.75. The van der Waals surface area contributed by atoms with Crippen LogP contribution in [-0.2, 0) is 4.74 Å². The Labute approximate surface area is 116 Å². The SMILES string of the molecule is Cc1ccc(C2CC(NCC3CCCCO3)C2)cc1. The second-order valence-electron chi connectivity index (χ2n) is 6.17. The van der Waals surface area contributed by atoms with E-state index in [9.17, 15) is 0 Å². The molecule has 0 spiro atoms. The number of nitrogens with one attached hydrogen (secondary N) is 1. The molecule has 1 heterocycles. The highest BCUT2D eigenvalue weighted by molar-refractivity contribution is 5.26. The molecule has 2 aliphatic rings. The topological polar surface area (TPSA) is 21.3 Å². The molecule has 0 bridgehead atoms. The van der Waals surface area contributed by atoms with Gasteiger partial charge in [-0.2, -0.15) is 0 Å². The first-order valence-corrected chi connectivity index (χ1v) is 7.73. The summed E-state index contributed by atoms with van der Waals surface area (Å²) in [6, 6.07) is 9.75. The highest BCUT2D eigenvalue weighted by Gasteiger charge is 2.30. The molecule has 2 nitrogen and oxygen atoms in total. The zero-order chi connectivity index (χ0) is 13.1. The Bertz CT molecular complexity index is 388. The van der Waals surface area contributed by atoms with Gasteiger partial charge in [-0.25, -0.2) is 0 Å². The standard InChI is InChI=1S/C17H25NO/c1-13-5-7-14(8-6-13)15-10-16(11-15)18-12-17-4-2-3-9-19-17/h5-8,15-18H,2-4,9-12H2,1H3. The van der Waals surface area contributed by atoms with Crippen LogP contribution >= 0.6 is 0 Å². The minimum absolute atomic E-state index is 0.465. The summed E-state index contributed by atoms with van der Waals surface area (Å²) in [5.74, 6) is 0.769. The first-order valence-electron chi connectivity index (χ1n) is 7.73. The van der Waals surface area contributed by atoms with Gasteiger partial charge in [0.2, 0.25) is 0 Å². The maximum Gasteiger partial charge on any atom is 0.0699 e. The van der Waals surface area contributed by atoms with E-state index in [1.807, 2.05) is 0 Å². The maximum atomic E-state index is 5.76.